The molecule has 2 aromatic heterocycles. The van der Waals surface area contributed by atoms with E-state index in [1.807, 2.05) is 13.0 Å². The summed E-state index contributed by atoms with van der Waals surface area (Å²) >= 11 is 1.69. The third-order valence-electron chi connectivity index (χ3n) is 2.98. The molecular formula is C15H22N4S. The van der Waals surface area contributed by atoms with Crippen LogP contribution in [0.15, 0.2) is 23.6 Å². The molecule has 0 aliphatic heterocycles. The summed E-state index contributed by atoms with van der Waals surface area (Å²) in [5, 5.41) is 6.60. The van der Waals surface area contributed by atoms with Gasteiger partial charge in [-0.25, -0.2) is 9.97 Å². The summed E-state index contributed by atoms with van der Waals surface area (Å²) < 4.78 is 0. The van der Waals surface area contributed by atoms with Gasteiger partial charge in [0.05, 0.1) is 22.9 Å². The fourth-order valence-corrected chi connectivity index (χ4v) is 2.58. The zero-order valence-corrected chi connectivity index (χ0v) is 13.2. The molecular weight excluding hydrogens is 268 g/mol. The second-order valence-electron chi connectivity index (χ2n) is 4.88. The highest BCUT2D eigenvalue weighted by molar-refractivity contribution is 7.09. The smallest absolute Gasteiger partial charge is 0.128 e. The molecule has 5 heteroatoms. The van der Waals surface area contributed by atoms with Crippen molar-refractivity contribution in [1.82, 2.24) is 15.3 Å². The monoisotopic (exact) mass is 290 g/mol. The Balaban J connectivity index is 1.98. The van der Waals surface area contributed by atoms with E-state index in [1.165, 1.54) is 0 Å². The predicted molar refractivity (Wildman–Crippen MR) is 85.2 cm³/mol. The van der Waals surface area contributed by atoms with Crippen molar-refractivity contribution >= 4 is 17.2 Å². The van der Waals surface area contributed by atoms with Crippen LogP contribution in [0.5, 0.6) is 0 Å². The number of hydrogen-bond donors (Lipinski definition) is 1. The van der Waals surface area contributed by atoms with Crippen LogP contribution in [-0.4, -0.2) is 23.6 Å². The van der Waals surface area contributed by atoms with Gasteiger partial charge in [0, 0.05) is 19.0 Å². The van der Waals surface area contributed by atoms with Gasteiger partial charge in [-0.2, -0.15) is 0 Å². The van der Waals surface area contributed by atoms with Crippen LogP contribution >= 0.6 is 11.3 Å². The maximum atomic E-state index is 4.69. The first-order valence-corrected chi connectivity index (χ1v) is 7.85. The minimum Gasteiger partial charge on any atom is -0.354 e. The van der Waals surface area contributed by atoms with E-state index < -0.39 is 0 Å². The molecule has 108 valence electrons. The lowest BCUT2D eigenvalue weighted by Crippen LogP contribution is -2.20. The van der Waals surface area contributed by atoms with Crippen molar-refractivity contribution in [2.75, 3.05) is 18.5 Å². The van der Waals surface area contributed by atoms with E-state index in [4.69, 9.17) is 0 Å². The largest absolute Gasteiger partial charge is 0.354 e. The molecule has 0 bridgehead atoms. The summed E-state index contributed by atoms with van der Waals surface area (Å²) in [7, 11) is 2.06. The number of pyridine rings is 1. The summed E-state index contributed by atoms with van der Waals surface area (Å²) in [6.45, 7) is 6.85. The van der Waals surface area contributed by atoms with E-state index in [0.29, 0.717) is 0 Å². The highest BCUT2D eigenvalue weighted by Gasteiger charge is 2.06. The van der Waals surface area contributed by atoms with Crippen LogP contribution in [0.4, 0.5) is 5.82 Å². The molecule has 0 unspecified atom stereocenters. The summed E-state index contributed by atoms with van der Waals surface area (Å²) in [6.07, 6.45) is 1.14. The average molecular weight is 290 g/mol. The molecule has 0 saturated carbocycles. The number of hydrogen-bond acceptors (Lipinski definition) is 5. The van der Waals surface area contributed by atoms with Crippen LogP contribution in [0, 0.1) is 6.92 Å². The molecule has 0 aromatic carbocycles. The van der Waals surface area contributed by atoms with Crippen LogP contribution in [0.3, 0.4) is 0 Å². The van der Waals surface area contributed by atoms with Gasteiger partial charge in [0.25, 0.3) is 0 Å². The Morgan fingerprint density at radius 1 is 1.25 bits per heavy atom. The van der Waals surface area contributed by atoms with Crippen LogP contribution in [0.25, 0.3) is 0 Å². The normalized spacial score (nSPS) is 10.8. The number of nitrogens with zero attached hydrogens (tertiary/aromatic N) is 3. The first kappa shape index (κ1) is 14.9. The maximum Gasteiger partial charge on any atom is 0.128 e. The third kappa shape index (κ3) is 4.28. The SMILES string of the molecule is CCCNCc1cccc(N(C)Cc2csc(C)n2)n1. The average Bonchev–Trinajstić information content (AvgIpc) is 2.85. The van der Waals surface area contributed by atoms with Gasteiger partial charge in [-0.1, -0.05) is 13.0 Å². The minimum absolute atomic E-state index is 0.795. The lowest BCUT2D eigenvalue weighted by atomic mass is 10.3. The third-order valence-corrected chi connectivity index (χ3v) is 3.80. The number of nitrogens with one attached hydrogen (secondary N) is 1. The van der Waals surface area contributed by atoms with Gasteiger partial charge in [-0.15, -0.1) is 11.3 Å². The Morgan fingerprint density at radius 3 is 2.80 bits per heavy atom. The van der Waals surface area contributed by atoms with Gasteiger partial charge in [-0.05, 0) is 32.0 Å². The van der Waals surface area contributed by atoms with Gasteiger partial charge < -0.3 is 10.2 Å². The Labute approximate surface area is 124 Å². The number of aryl methyl sites for hydroxylation is 1. The number of rotatable bonds is 7. The van der Waals surface area contributed by atoms with Crippen molar-refractivity contribution in [2.45, 2.75) is 33.4 Å². The first-order chi connectivity index (χ1) is 9.69. The zero-order chi connectivity index (χ0) is 14.4. The quantitative estimate of drug-likeness (QED) is 0.796. The highest BCUT2D eigenvalue weighted by atomic mass is 32.1. The second kappa shape index (κ2) is 7.36. The topological polar surface area (TPSA) is 41.0 Å². The van der Waals surface area contributed by atoms with Crippen LogP contribution in [0.2, 0.25) is 0 Å². The molecule has 0 atom stereocenters. The Bertz CT molecular complexity index is 538. The van der Waals surface area contributed by atoms with E-state index in [2.05, 4.69) is 51.7 Å². The van der Waals surface area contributed by atoms with Gasteiger partial charge in [-0.3, -0.25) is 0 Å². The van der Waals surface area contributed by atoms with Gasteiger partial charge >= 0.3 is 0 Å². The van der Waals surface area contributed by atoms with E-state index >= 15 is 0 Å². The molecule has 0 aliphatic rings. The molecule has 0 aliphatic carbocycles. The maximum absolute atomic E-state index is 4.69. The number of anilines is 1. The first-order valence-electron chi connectivity index (χ1n) is 6.98. The number of thiazole rings is 1. The predicted octanol–water partition coefficient (Wildman–Crippen LogP) is 2.98. The van der Waals surface area contributed by atoms with Crippen molar-refractivity contribution in [3.63, 3.8) is 0 Å². The van der Waals surface area contributed by atoms with Crippen molar-refractivity contribution < 1.29 is 0 Å². The molecule has 20 heavy (non-hydrogen) atoms. The van der Waals surface area contributed by atoms with Crippen LogP contribution < -0.4 is 10.2 Å². The van der Waals surface area contributed by atoms with Crippen LogP contribution in [-0.2, 0) is 13.1 Å². The summed E-state index contributed by atoms with van der Waals surface area (Å²) in [5.74, 6) is 0.992. The zero-order valence-electron chi connectivity index (χ0n) is 12.4. The van der Waals surface area contributed by atoms with E-state index in [0.717, 1.165) is 48.3 Å². The minimum atomic E-state index is 0.795. The fraction of sp³-hybridized carbons (Fsp3) is 0.467. The molecule has 4 nitrogen and oxygen atoms in total. The molecule has 0 amide bonds. The van der Waals surface area contributed by atoms with Crippen molar-refractivity contribution in [2.24, 2.45) is 0 Å². The fourth-order valence-electron chi connectivity index (χ4n) is 1.98. The Kier molecular flexibility index (Phi) is 5.49. The summed E-state index contributed by atoms with van der Waals surface area (Å²) in [4.78, 5) is 11.3. The van der Waals surface area contributed by atoms with Gasteiger partial charge in [0.1, 0.15) is 5.82 Å². The molecule has 0 radical (unpaired) electrons. The summed E-state index contributed by atoms with van der Waals surface area (Å²) in [5.41, 5.74) is 2.18. The van der Waals surface area contributed by atoms with Crippen molar-refractivity contribution in [3.05, 3.63) is 40.0 Å². The molecule has 2 heterocycles. The molecule has 0 spiro atoms. The van der Waals surface area contributed by atoms with Crippen LogP contribution in [0.1, 0.15) is 29.7 Å². The lowest BCUT2D eigenvalue weighted by molar-refractivity contribution is 0.663. The van der Waals surface area contributed by atoms with E-state index in [-0.39, 0.29) is 0 Å². The standard InChI is InChI=1S/C15H22N4S/c1-4-8-16-9-13-6-5-7-15(18-13)19(3)10-14-11-20-12(2)17-14/h5-7,11,16H,4,8-10H2,1-3H3. The summed E-state index contributed by atoms with van der Waals surface area (Å²) in [6, 6.07) is 6.17. The molecule has 2 rings (SSSR count). The van der Waals surface area contributed by atoms with Crippen molar-refractivity contribution in [3.8, 4) is 0 Å². The lowest BCUT2D eigenvalue weighted by Gasteiger charge is -2.17. The molecule has 2 aromatic rings. The van der Waals surface area contributed by atoms with E-state index in [9.17, 15) is 0 Å². The Hall–Kier alpha value is -1.46. The molecule has 1 N–H and O–H groups in total. The highest BCUT2D eigenvalue weighted by Crippen LogP contribution is 2.15. The van der Waals surface area contributed by atoms with Gasteiger partial charge in [0.15, 0.2) is 0 Å². The van der Waals surface area contributed by atoms with Gasteiger partial charge in [0.2, 0.25) is 0 Å². The molecule has 0 fully saturated rings. The Morgan fingerprint density at radius 2 is 2.10 bits per heavy atom. The second-order valence-corrected chi connectivity index (χ2v) is 5.94. The number of aromatic nitrogens is 2. The van der Waals surface area contributed by atoms with E-state index in [1.54, 1.807) is 11.3 Å². The van der Waals surface area contributed by atoms with Crippen molar-refractivity contribution in [1.29, 1.82) is 0 Å². The molecule has 0 saturated heterocycles.